The fourth-order valence-corrected chi connectivity index (χ4v) is 2.05. The van der Waals surface area contributed by atoms with Crippen molar-refractivity contribution in [2.24, 2.45) is 0 Å². The molecular weight excluding hydrogens is 208 g/mol. The topological polar surface area (TPSA) is 9.23 Å². The predicted octanol–water partition coefficient (Wildman–Crippen LogP) is 4.64. The molecule has 1 aromatic rings. The fourth-order valence-electron chi connectivity index (χ4n) is 1.80. The van der Waals surface area contributed by atoms with Gasteiger partial charge in [0.1, 0.15) is 5.75 Å². The van der Waals surface area contributed by atoms with Crippen LogP contribution in [0.3, 0.4) is 0 Å². The van der Waals surface area contributed by atoms with Gasteiger partial charge in [0.15, 0.2) is 0 Å². The standard InChI is InChI=1S/C13H19ClO/c1-4-10(5-2)11-7-8-13(15-6-3)12(14)9-11/h7-10H,4-6H2,1-3H3. The lowest BCUT2D eigenvalue weighted by Crippen LogP contribution is -1.97. The van der Waals surface area contributed by atoms with Crippen molar-refractivity contribution in [1.82, 2.24) is 0 Å². The van der Waals surface area contributed by atoms with E-state index in [1.54, 1.807) is 0 Å². The lowest BCUT2D eigenvalue weighted by Gasteiger charge is -2.14. The van der Waals surface area contributed by atoms with E-state index in [4.69, 9.17) is 16.3 Å². The summed E-state index contributed by atoms with van der Waals surface area (Å²) in [5.41, 5.74) is 1.31. The Morgan fingerprint density at radius 1 is 1.20 bits per heavy atom. The van der Waals surface area contributed by atoms with Gasteiger partial charge in [0.05, 0.1) is 11.6 Å². The van der Waals surface area contributed by atoms with Crippen LogP contribution in [0, 0.1) is 0 Å². The summed E-state index contributed by atoms with van der Waals surface area (Å²) in [6, 6.07) is 6.12. The number of rotatable bonds is 5. The van der Waals surface area contributed by atoms with Crippen LogP contribution >= 0.6 is 11.6 Å². The molecule has 1 rings (SSSR count). The number of halogens is 1. The smallest absolute Gasteiger partial charge is 0.137 e. The second-order valence-electron chi connectivity index (χ2n) is 3.64. The summed E-state index contributed by atoms with van der Waals surface area (Å²) < 4.78 is 5.41. The molecule has 0 bridgehead atoms. The number of ether oxygens (including phenoxy) is 1. The molecule has 0 radical (unpaired) electrons. The third kappa shape index (κ3) is 3.13. The van der Waals surface area contributed by atoms with Crippen LogP contribution in [0.1, 0.15) is 45.1 Å². The fraction of sp³-hybridized carbons (Fsp3) is 0.538. The summed E-state index contributed by atoms with van der Waals surface area (Å²) >= 11 is 6.14. The molecule has 0 aliphatic rings. The van der Waals surface area contributed by atoms with Crippen LogP contribution in [0.5, 0.6) is 5.75 Å². The third-order valence-electron chi connectivity index (χ3n) is 2.71. The van der Waals surface area contributed by atoms with Gasteiger partial charge in [0, 0.05) is 0 Å². The highest BCUT2D eigenvalue weighted by atomic mass is 35.5. The predicted molar refractivity (Wildman–Crippen MR) is 65.9 cm³/mol. The van der Waals surface area contributed by atoms with Gasteiger partial charge in [-0.2, -0.15) is 0 Å². The molecule has 1 aromatic carbocycles. The Hall–Kier alpha value is -0.690. The first-order valence-electron chi connectivity index (χ1n) is 5.65. The molecule has 0 aliphatic heterocycles. The van der Waals surface area contributed by atoms with Gasteiger partial charge in [-0.3, -0.25) is 0 Å². The van der Waals surface area contributed by atoms with Gasteiger partial charge in [0.2, 0.25) is 0 Å². The highest BCUT2D eigenvalue weighted by Crippen LogP contribution is 2.31. The summed E-state index contributed by atoms with van der Waals surface area (Å²) in [6.07, 6.45) is 2.31. The molecule has 0 heterocycles. The Morgan fingerprint density at radius 3 is 2.33 bits per heavy atom. The van der Waals surface area contributed by atoms with E-state index in [9.17, 15) is 0 Å². The van der Waals surface area contributed by atoms with E-state index in [1.807, 2.05) is 19.1 Å². The molecule has 0 aliphatic carbocycles. The lowest BCUT2D eigenvalue weighted by molar-refractivity contribution is 0.340. The van der Waals surface area contributed by atoms with Gasteiger partial charge >= 0.3 is 0 Å². The number of benzene rings is 1. The summed E-state index contributed by atoms with van der Waals surface area (Å²) in [4.78, 5) is 0. The highest BCUT2D eigenvalue weighted by molar-refractivity contribution is 6.32. The van der Waals surface area contributed by atoms with E-state index in [2.05, 4.69) is 19.9 Å². The number of hydrogen-bond donors (Lipinski definition) is 0. The Balaban J connectivity index is 2.89. The molecular formula is C13H19ClO. The maximum atomic E-state index is 6.14. The maximum Gasteiger partial charge on any atom is 0.137 e. The van der Waals surface area contributed by atoms with Crippen LogP contribution < -0.4 is 4.74 Å². The molecule has 0 unspecified atom stereocenters. The molecule has 0 amide bonds. The minimum atomic E-state index is 0.609. The lowest BCUT2D eigenvalue weighted by atomic mass is 9.94. The Bertz CT molecular complexity index is 305. The Morgan fingerprint density at radius 2 is 1.87 bits per heavy atom. The minimum absolute atomic E-state index is 0.609. The van der Waals surface area contributed by atoms with E-state index in [1.165, 1.54) is 5.56 Å². The van der Waals surface area contributed by atoms with Crippen molar-refractivity contribution in [2.45, 2.75) is 39.5 Å². The van der Waals surface area contributed by atoms with E-state index in [0.29, 0.717) is 12.5 Å². The van der Waals surface area contributed by atoms with Gasteiger partial charge in [-0.1, -0.05) is 31.5 Å². The van der Waals surface area contributed by atoms with Crippen molar-refractivity contribution >= 4 is 11.6 Å². The van der Waals surface area contributed by atoms with E-state index in [-0.39, 0.29) is 0 Å². The first-order valence-corrected chi connectivity index (χ1v) is 6.02. The van der Waals surface area contributed by atoms with Crippen LogP contribution in [0.15, 0.2) is 18.2 Å². The van der Waals surface area contributed by atoms with Crippen molar-refractivity contribution in [1.29, 1.82) is 0 Å². The van der Waals surface area contributed by atoms with Crippen molar-refractivity contribution in [3.63, 3.8) is 0 Å². The molecule has 0 atom stereocenters. The zero-order valence-electron chi connectivity index (χ0n) is 9.72. The van der Waals surface area contributed by atoms with E-state index in [0.717, 1.165) is 23.6 Å². The number of hydrogen-bond acceptors (Lipinski definition) is 1. The van der Waals surface area contributed by atoms with Crippen molar-refractivity contribution < 1.29 is 4.74 Å². The zero-order chi connectivity index (χ0) is 11.3. The third-order valence-corrected chi connectivity index (χ3v) is 3.01. The highest BCUT2D eigenvalue weighted by Gasteiger charge is 2.09. The average Bonchev–Trinajstić information content (AvgIpc) is 2.24. The van der Waals surface area contributed by atoms with Crippen LogP contribution in [-0.2, 0) is 0 Å². The molecule has 0 saturated heterocycles. The second kappa shape index (κ2) is 6.02. The maximum absolute atomic E-state index is 6.14. The van der Waals surface area contributed by atoms with Gasteiger partial charge < -0.3 is 4.74 Å². The van der Waals surface area contributed by atoms with E-state index >= 15 is 0 Å². The summed E-state index contributed by atoms with van der Waals surface area (Å²) in [5.74, 6) is 1.40. The monoisotopic (exact) mass is 226 g/mol. The van der Waals surface area contributed by atoms with Gasteiger partial charge in [0.25, 0.3) is 0 Å². The molecule has 0 saturated carbocycles. The van der Waals surface area contributed by atoms with Crippen molar-refractivity contribution in [3.05, 3.63) is 28.8 Å². The van der Waals surface area contributed by atoms with Crippen LogP contribution in [0.25, 0.3) is 0 Å². The minimum Gasteiger partial charge on any atom is -0.492 e. The molecule has 15 heavy (non-hydrogen) atoms. The SMILES string of the molecule is CCOc1ccc(C(CC)CC)cc1Cl. The van der Waals surface area contributed by atoms with Crippen LogP contribution in [-0.4, -0.2) is 6.61 Å². The largest absolute Gasteiger partial charge is 0.492 e. The summed E-state index contributed by atoms with van der Waals surface area (Å²) in [6.45, 7) is 7.03. The van der Waals surface area contributed by atoms with Crippen LogP contribution in [0.2, 0.25) is 5.02 Å². The van der Waals surface area contributed by atoms with E-state index < -0.39 is 0 Å². The van der Waals surface area contributed by atoms with Crippen molar-refractivity contribution in [2.75, 3.05) is 6.61 Å². The first kappa shape index (κ1) is 12.4. The van der Waals surface area contributed by atoms with Crippen molar-refractivity contribution in [3.8, 4) is 5.75 Å². The molecule has 1 nitrogen and oxygen atoms in total. The molecule has 0 spiro atoms. The molecule has 84 valence electrons. The molecule has 0 N–H and O–H groups in total. The molecule has 2 heteroatoms. The summed E-state index contributed by atoms with van der Waals surface area (Å²) in [5, 5.41) is 0.723. The average molecular weight is 227 g/mol. The molecule has 0 fully saturated rings. The quantitative estimate of drug-likeness (QED) is 0.711. The van der Waals surface area contributed by atoms with Crippen LogP contribution in [0.4, 0.5) is 0 Å². The summed E-state index contributed by atoms with van der Waals surface area (Å²) in [7, 11) is 0. The second-order valence-corrected chi connectivity index (χ2v) is 4.04. The van der Waals surface area contributed by atoms with Gasteiger partial charge in [-0.15, -0.1) is 0 Å². The Labute approximate surface area is 97.4 Å². The molecule has 0 aromatic heterocycles. The Kier molecular flexibility index (Phi) is 4.97. The first-order chi connectivity index (χ1) is 7.22. The zero-order valence-corrected chi connectivity index (χ0v) is 10.5. The normalized spacial score (nSPS) is 10.7. The van der Waals surface area contributed by atoms with Gasteiger partial charge in [-0.25, -0.2) is 0 Å². The van der Waals surface area contributed by atoms with Gasteiger partial charge in [-0.05, 0) is 43.4 Å².